The lowest BCUT2D eigenvalue weighted by molar-refractivity contribution is 0.651. The predicted octanol–water partition coefficient (Wildman–Crippen LogP) is 2.82. The van der Waals surface area contributed by atoms with Gasteiger partial charge in [0.25, 0.3) is 5.56 Å². The van der Waals surface area contributed by atoms with Crippen molar-refractivity contribution in [2.24, 2.45) is 0 Å². The minimum absolute atomic E-state index is 0.0410. The number of hydrogen-bond donors (Lipinski definition) is 0. The molecule has 3 aromatic rings. The second kappa shape index (κ2) is 6.67. The van der Waals surface area contributed by atoms with Gasteiger partial charge in [-0.3, -0.25) is 13.8 Å². The van der Waals surface area contributed by atoms with Crippen LogP contribution in [0.4, 0.5) is 5.95 Å². The smallest absolute Gasteiger partial charge is 0.258 e. The fraction of sp³-hybridized carbons (Fsp3) is 0.474. The Balaban J connectivity index is 1.41. The van der Waals surface area contributed by atoms with E-state index < -0.39 is 0 Å². The van der Waals surface area contributed by atoms with Gasteiger partial charge in [-0.15, -0.1) is 10.2 Å². The number of hydrogen-bond acceptors (Lipinski definition) is 6. The Morgan fingerprint density at radius 1 is 1.19 bits per heavy atom. The summed E-state index contributed by atoms with van der Waals surface area (Å²) < 4.78 is 3.90. The van der Waals surface area contributed by atoms with Crippen LogP contribution in [0.2, 0.25) is 0 Å². The number of fused-ring (bicyclic) bond motifs is 1. The van der Waals surface area contributed by atoms with E-state index in [1.807, 2.05) is 25.3 Å². The number of rotatable bonds is 5. The Morgan fingerprint density at radius 2 is 2.00 bits per heavy atom. The highest BCUT2D eigenvalue weighted by molar-refractivity contribution is 7.98. The van der Waals surface area contributed by atoms with Gasteiger partial charge in [-0.1, -0.05) is 17.8 Å². The molecule has 1 aliphatic heterocycles. The van der Waals surface area contributed by atoms with Crippen LogP contribution in [0, 0.1) is 6.92 Å². The molecule has 4 heterocycles. The van der Waals surface area contributed by atoms with Gasteiger partial charge in [0.1, 0.15) is 5.65 Å². The van der Waals surface area contributed by atoms with Gasteiger partial charge in [-0.2, -0.15) is 0 Å². The summed E-state index contributed by atoms with van der Waals surface area (Å²) >= 11 is 1.62. The van der Waals surface area contributed by atoms with Crippen LogP contribution in [0.5, 0.6) is 0 Å². The molecule has 0 spiro atoms. The van der Waals surface area contributed by atoms with Gasteiger partial charge in [-0.05, 0) is 44.2 Å². The van der Waals surface area contributed by atoms with Crippen molar-refractivity contribution in [3.05, 3.63) is 46.0 Å². The molecule has 7 nitrogen and oxygen atoms in total. The number of aromatic nitrogens is 5. The third kappa shape index (κ3) is 3.22. The minimum atomic E-state index is -0.0410. The van der Waals surface area contributed by atoms with Gasteiger partial charge >= 0.3 is 0 Å². The molecule has 140 valence electrons. The second-order valence-corrected chi connectivity index (χ2v) is 8.33. The third-order valence-electron chi connectivity index (χ3n) is 5.16. The molecule has 0 aromatic carbocycles. The first-order chi connectivity index (χ1) is 13.2. The van der Waals surface area contributed by atoms with Crippen molar-refractivity contribution >= 4 is 23.4 Å². The second-order valence-electron chi connectivity index (χ2n) is 7.39. The normalized spacial score (nSPS) is 17.1. The molecule has 1 saturated carbocycles. The maximum absolute atomic E-state index is 12.4. The maximum atomic E-state index is 12.4. The van der Waals surface area contributed by atoms with Crippen molar-refractivity contribution in [1.29, 1.82) is 0 Å². The number of aryl methyl sites for hydroxylation is 1. The summed E-state index contributed by atoms with van der Waals surface area (Å²) in [6.07, 6.45) is 6.67. The van der Waals surface area contributed by atoms with Crippen LogP contribution < -0.4 is 10.5 Å². The van der Waals surface area contributed by atoms with Gasteiger partial charge in [0.2, 0.25) is 5.95 Å². The Bertz CT molecular complexity index is 1050. The number of pyridine rings is 1. The summed E-state index contributed by atoms with van der Waals surface area (Å²) in [6, 6.07) is 6.02. The van der Waals surface area contributed by atoms with Gasteiger partial charge in [0.05, 0.1) is 5.69 Å². The van der Waals surface area contributed by atoms with E-state index >= 15 is 0 Å². The molecule has 0 unspecified atom stereocenters. The zero-order chi connectivity index (χ0) is 18.4. The molecule has 1 saturated heterocycles. The highest BCUT2D eigenvalue weighted by Gasteiger charge is 2.32. The number of anilines is 1. The highest BCUT2D eigenvalue weighted by Crippen LogP contribution is 2.41. The van der Waals surface area contributed by atoms with Crippen LogP contribution in [-0.4, -0.2) is 37.2 Å². The van der Waals surface area contributed by atoms with Crippen LogP contribution in [0.25, 0.3) is 5.65 Å². The first-order valence-electron chi connectivity index (χ1n) is 9.50. The van der Waals surface area contributed by atoms with Crippen LogP contribution in [-0.2, 0) is 5.75 Å². The SMILES string of the molecule is Cc1ccc2nc(CSc3nnc(N4CCCC4)n3C3CC3)cc(=O)n2c1. The predicted molar refractivity (Wildman–Crippen MR) is 106 cm³/mol. The van der Waals surface area contributed by atoms with E-state index in [1.165, 1.54) is 25.7 Å². The molecule has 0 radical (unpaired) electrons. The summed E-state index contributed by atoms with van der Waals surface area (Å²) in [5.74, 6) is 1.63. The molecule has 0 bridgehead atoms. The monoisotopic (exact) mass is 382 g/mol. The molecular formula is C19H22N6OS. The molecule has 0 amide bonds. The number of nitrogens with zero attached hydrogens (tertiary/aromatic N) is 6. The molecule has 8 heteroatoms. The lowest BCUT2D eigenvalue weighted by Gasteiger charge is -2.17. The van der Waals surface area contributed by atoms with E-state index in [0.29, 0.717) is 17.4 Å². The summed E-state index contributed by atoms with van der Waals surface area (Å²) in [4.78, 5) is 19.4. The summed E-state index contributed by atoms with van der Waals surface area (Å²) in [6.45, 7) is 4.11. The fourth-order valence-corrected chi connectivity index (χ4v) is 4.52. The lowest BCUT2D eigenvalue weighted by atomic mass is 10.3. The molecule has 5 rings (SSSR count). The van der Waals surface area contributed by atoms with E-state index in [9.17, 15) is 4.79 Å². The molecule has 0 N–H and O–H groups in total. The molecule has 2 aliphatic rings. The zero-order valence-electron chi connectivity index (χ0n) is 15.3. The summed E-state index contributed by atoms with van der Waals surface area (Å²) in [5, 5.41) is 9.87. The van der Waals surface area contributed by atoms with Crippen molar-refractivity contribution in [2.75, 3.05) is 18.0 Å². The largest absolute Gasteiger partial charge is 0.341 e. The van der Waals surface area contributed by atoms with Crippen LogP contribution in [0.3, 0.4) is 0 Å². The van der Waals surface area contributed by atoms with Crippen LogP contribution in [0.1, 0.15) is 43.0 Å². The molecule has 1 aliphatic carbocycles. The highest BCUT2D eigenvalue weighted by atomic mass is 32.2. The van der Waals surface area contributed by atoms with E-state index in [-0.39, 0.29) is 5.56 Å². The molecule has 27 heavy (non-hydrogen) atoms. The van der Waals surface area contributed by atoms with Gasteiger partial charge in [-0.25, -0.2) is 4.98 Å². The Kier molecular flexibility index (Phi) is 4.15. The van der Waals surface area contributed by atoms with Crippen LogP contribution in [0.15, 0.2) is 34.3 Å². The van der Waals surface area contributed by atoms with E-state index in [0.717, 1.165) is 35.5 Å². The summed E-state index contributed by atoms with van der Waals surface area (Å²) in [7, 11) is 0. The zero-order valence-corrected chi connectivity index (χ0v) is 16.2. The Morgan fingerprint density at radius 3 is 2.78 bits per heavy atom. The van der Waals surface area contributed by atoms with Crippen LogP contribution >= 0.6 is 11.8 Å². The molecular weight excluding hydrogens is 360 g/mol. The van der Waals surface area contributed by atoms with Crippen molar-refractivity contribution in [1.82, 2.24) is 24.1 Å². The summed E-state index contributed by atoms with van der Waals surface area (Å²) in [5.41, 5.74) is 2.47. The minimum Gasteiger partial charge on any atom is -0.341 e. The fourth-order valence-electron chi connectivity index (χ4n) is 3.62. The van der Waals surface area contributed by atoms with E-state index in [1.54, 1.807) is 22.2 Å². The van der Waals surface area contributed by atoms with Gasteiger partial charge in [0, 0.05) is 37.1 Å². The molecule has 2 fully saturated rings. The first-order valence-corrected chi connectivity index (χ1v) is 10.5. The van der Waals surface area contributed by atoms with Crippen molar-refractivity contribution in [2.45, 2.75) is 49.6 Å². The average molecular weight is 382 g/mol. The van der Waals surface area contributed by atoms with E-state index in [2.05, 4.69) is 24.6 Å². The average Bonchev–Trinajstić information content (AvgIpc) is 3.18. The van der Waals surface area contributed by atoms with Crippen molar-refractivity contribution in [3.63, 3.8) is 0 Å². The van der Waals surface area contributed by atoms with Crippen molar-refractivity contribution in [3.8, 4) is 0 Å². The van der Waals surface area contributed by atoms with Gasteiger partial charge in [0.15, 0.2) is 5.16 Å². The number of thioether (sulfide) groups is 1. The Hall–Kier alpha value is -2.35. The topological polar surface area (TPSA) is 68.3 Å². The molecule has 3 aromatic heterocycles. The van der Waals surface area contributed by atoms with E-state index in [4.69, 9.17) is 0 Å². The quantitative estimate of drug-likeness (QED) is 0.632. The third-order valence-corrected chi connectivity index (χ3v) is 6.13. The van der Waals surface area contributed by atoms with Crippen molar-refractivity contribution < 1.29 is 0 Å². The van der Waals surface area contributed by atoms with Gasteiger partial charge < -0.3 is 4.90 Å². The first kappa shape index (κ1) is 16.8. The lowest BCUT2D eigenvalue weighted by Crippen LogP contribution is -2.22. The maximum Gasteiger partial charge on any atom is 0.258 e. The molecule has 0 atom stereocenters. The Labute approximate surface area is 161 Å². The standard InChI is InChI=1S/C19H22N6OS/c1-13-4-7-16-20-14(10-17(26)24(16)11-13)12-27-19-22-21-18(23-8-2-3-9-23)25(19)15-5-6-15/h4,7,10-11,15H,2-3,5-6,8-9,12H2,1H3.